The second kappa shape index (κ2) is 2.90. The number of benzene rings is 1. The maximum Gasteiger partial charge on any atom is 0.420 e. The molecule has 13 heavy (non-hydrogen) atoms. The smallest absolute Gasteiger partial charge is 0.420 e. The Balaban J connectivity index is 3.43. The summed E-state index contributed by atoms with van der Waals surface area (Å²) in [4.78, 5) is 0. The van der Waals surface area contributed by atoms with Crippen molar-refractivity contribution < 1.29 is 22.7 Å². The van der Waals surface area contributed by atoms with Gasteiger partial charge < -0.3 is 5.11 Å². The van der Waals surface area contributed by atoms with Crippen LogP contribution < -0.4 is 0 Å². The van der Waals surface area contributed by atoms with Crippen LogP contribution in [-0.4, -0.2) is 5.11 Å². The van der Waals surface area contributed by atoms with Gasteiger partial charge >= 0.3 is 6.18 Å². The van der Waals surface area contributed by atoms with Gasteiger partial charge in [-0.05, 0) is 19.1 Å². The number of rotatable bonds is 0. The summed E-state index contributed by atoms with van der Waals surface area (Å²) in [5.41, 5.74) is -1.90. The molecule has 0 aliphatic heterocycles. The Morgan fingerprint density at radius 1 is 1.23 bits per heavy atom. The minimum Gasteiger partial charge on any atom is -0.507 e. The van der Waals surface area contributed by atoms with Crippen LogP contribution in [0.3, 0.4) is 0 Å². The van der Waals surface area contributed by atoms with E-state index in [0.29, 0.717) is 6.07 Å². The predicted octanol–water partition coefficient (Wildman–Crippen LogP) is 2.86. The molecule has 0 aliphatic rings. The third kappa shape index (κ3) is 1.74. The van der Waals surface area contributed by atoms with E-state index in [-0.39, 0.29) is 0 Å². The lowest BCUT2D eigenvalue weighted by Gasteiger charge is -2.11. The van der Waals surface area contributed by atoms with Crippen LogP contribution in [0.2, 0.25) is 0 Å². The van der Waals surface area contributed by atoms with Crippen LogP contribution in [0.1, 0.15) is 11.1 Å². The van der Waals surface area contributed by atoms with Crippen molar-refractivity contribution in [3.8, 4) is 5.75 Å². The van der Waals surface area contributed by atoms with Crippen LogP contribution in [0.15, 0.2) is 12.1 Å². The van der Waals surface area contributed by atoms with Gasteiger partial charge in [0.15, 0.2) is 0 Å². The van der Waals surface area contributed by atoms with Gasteiger partial charge in [-0.15, -0.1) is 0 Å². The maximum atomic E-state index is 12.7. The topological polar surface area (TPSA) is 20.2 Å². The van der Waals surface area contributed by atoms with E-state index in [1.165, 1.54) is 0 Å². The molecule has 0 heterocycles. The fourth-order valence-corrected chi connectivity index (χ4v) is 1.03. The van der Waals surface area contributed by atoms with Gasteiger partial charge in [0, 0.05) is 5.56 Å². The zero-order valence-corrected chi connectivity index (χ0v) is 6.61. The summed E-state index contributed by atoms with van der Waals surface area (Å²) < 4.78 is 49.2. The number of alkyl halides is 3. The van der Waals surface area contributed by atoms with Gasteiger partial charge in [0.25, 0.3) is 0 Å². The zero-order valence-electron chi connectivity index (χ0n) is 6.61. The normalized spacial score (nSPS) is 11.8. The fraction of sp³-hybridized carbons (Fsp3) is 0.250. The molecule has 72 valence electrons. The molecule has 0 unspecified atom stereocenters. The van der Waals surface area contributed by atoms with Crippen molar-refractivity contribution in [3.05, 3.63) is 29.1 Å². The third-order valence-electron chi connectivity index (χ3n) is 1.66. The molecular formula is C8H6F4O. The van der Waals surface area contributed by atoms with E-state index in [9.17, 15) is 17.6 Å². The molecule has 1 aromatic rings. The molecule has 0 atom stereocenters. The van der Waals surface area contributed by atoms with Crippen molar-refractivity contribution in [1.29, 1.82) is 0 Å². The number of phenols is 1. The highest BCUT2D eigenvalue weighted by Gasteiger charge is 2.36. The van der Waals surface area contributed by atoms with E-state index in [0.717, 1.165) is 13.0 Å². The monoisotopic (exact) mass is 194 g/mol. The lowest BCUT2D eigenvalue weighted by molar-refractivity contribution is -0.139. The number of halogens is 4. The first-order valence-corrected chi connectivity index (χ1v) is 3.39. The molecule has 0 spiro atoms. The summed E-state index contributed by atoms with van der Waals surface area (Å²) in [6.07, 6.45) is -4.73. The average Bonchev–Trinajstić information content (AvgIpc) is 1.95. The fourth-order valence-electron chi connectivity index (χ4n) is 1.03. The van der Waals surface area contributed by atoms with Crippen molar-refractivity contribution in [2.75, 3.05) is 0 Å². The maximum absolute atomic E-state index is 12.7. The molecule has 0 aromatic heterocycles. The molecule has 0 saturated carbocycles. The minimum atomic E-state index is -4.73. The Morgan fingerprint density at radius 3 is 2.15 bits per heavy atom. The minimum absolute atomic E-state index is 0.590. The number of aromatic hydroxyl groups is 1. The molecule has 1 rings (SSSR count). The highest BCUT2D eigenvalue weighted by molar-refractivity contribution is 5.41. The first-order chi connectivity index (χ1) is 5.84. The average molecular weight is 194 g/mol. The van der Waals surface area contributed by atoms with Crippen LogP contribution in [0.4, 0.5) is 17.6 Å². The SMILES string of the molecule is Cc1c(F)ccc(O)c1C(F)(F)F. The summed E-state index contributed by atoms with van der Waals surface area (Å²) in [6, 6.07) is 1.48. The van der Waals surface area contributed by atoms with Crippen molar-refractivity contribution in [1.82, 2.24) is 0 Å². The van der Waals surface area contributed by atoms with Gasteiger partial charge in [-0.1, -0.05) is 0 Å². The second-order valence-electron chi connectivity index (χ2n) is 2.56. The van der Waals surface area contributed by atoms with E-state index in [1.807, 2.05) is 0 Å². The van der Waals surface area contributed by atoms with E-state index in [2.05, 4.69) is 0 Å². The molecule has 0 bridgehead atoms. The van der Waals surface area contributed by atoms with Gasteiger partial charge in [-0.2, -0.15) is 13.2 Å². The van der Waals surface area contributed by atoms with Crippen LogP contribution in [0.25, 0.3) is 0 Å². The number of phenolic OH excluding ortho intramolecular Hbond substituents is 1. The van der Waals surface area contributed by atoms with E-state index >= 15 is 0 Å². The largest absolute Gasteiger partial charge is 0.507 e. The Labute approximate surface area is 71.6 Å². The number of hydrogen-bond donors (Lipinski definition) is 1. The molecule has 1 nitrogen and oxygen atoms in total. The second-order valence-corrected chi connectivity index (χ2v) is 2.56. The molecular weight excluding hydrogens is 188 g/mol. The molecule has 0 aliphatic carbocycles. The molecule has 1 N–H and O–H groups in total. The van der Waals surface area contributed by atoms with Crippen molar-refractivity contribution in [3.63, 3.8) is 0 Å². The molecule has 5 heteroatoms. The van der Waals surface area contributed by atoms with Crippen molar-refractivity contribution >= 4 is 0 Å². The molecule has 0 fully saturated rings. The van der Waals surface area contributed by atoms with Gasteiger partial charge in [-0.25, -0.2) is 4.39 Å². The Morgan fingerprint density at radius 2 is 1.77 bits per heavy atom. The Kier molecular flexibility index (Phi) is 2.19. The van der Waals surface area contributed by atoms with Crippen molar-refractivity contribution in [2.45, 2.75) is 13.1 Å². The highest BCUT2D eigenvalue weighted by Crippen LogP contribution is 2.38. The van der Waals surface area contributed by atoms with E-state index in [1.54, 1.807) is 0 Å². The summed E-state index contributed by atoms with van der Waals surface area (Å²) in [7, 11) is 0. The van der Waals surface area contributed by atoms with Gasteiger partial charge in [-0.3, -0.25) is 0 Å². The Bertz CT molecular complexity index is 330. The summed E-state index contributed by atoms with van der Waals surface area (Å²) in [5, 5.41) is 8.86. The van der Waals surface area contributed by atoms with Crippen LogP contribution in [0.5, 0.6) is 5.75 Å². The third-order valence-corrected chi connectivity index (χ3v) is 1.66. The predicted molar refractivity (Wildman–Crippen MR) is 37.8 cm³/mol. The van der Waals surface area contributed by atoms with Crippen LogP contribution >= 0.6 is 0 Å². The van der Waals surface area contributed by atoms with Crippen LogP contribution in [0, 0.1) is 12.7 Å². The zero-order chi connectivity index (χ0) is 10.2. The number of hydrogen-bond acceptors (Lipinski definition) is 1. The van der Waals surface area contributed by atoms with Gasteiger partial charge in [0.2, 0.25) is 0 Å². The Hall–Kier alpha value is -1.26. The van der Waals surface area contributed by atoms with Gasteiger partial charge in [0.1, 0.15) is 17.1 Å². The molecule has 0 saturated heterocycles. The molecule has 0 radical (unpaired) electrons. The lowest BCUT2D eigenvalue weighted by atomic mass is 10.1. The molecule has 0 amide bonds. The van der Waals surface area contributed by atoms with E-state index < -0.39 is 28.9 Å². The summed E-state index contributed by atoms with van der Waals surface area (Å²) in [5.74, 6) is -1.93. The standard InChI is InChI=1S/C8H6F4O/c1-4-5(9)2-3-6(13)7(4)8(10,11)12/h2-3,13H,1H3. The quantitative estimate of drug-likeness (QED) is 0.629. The summed E-state index contributed by atoms with van der Waals surface area (Å²) in [6.45, 7) is 0.970. The lowest BCUT2D eigenvalue weighted by Crippen LogP contribution is -2.09. The van der Waals surface area contributed by atoms with E-state index in [4.69, 9.17) is 5.11 Å². The summed E-state index contributed by atoms with van der Waals surface area (Å²) >= 11 is 0. The van der Waals surface area contributed by atoms with Crippen molar-refractivity contribution in [2.24, 2.45) is 0 Å². The highest BCUT2D eigenvalue weighted by atomic mass is 19.4. The first kappa shape index (κ1) is 9.83. The first-order valence-electron chi connectivity index (χ1n) is 3.39. The van der Waals surface area contributed by atoms with Gasteiger partial charge in [0.05, 0.1) is 0 Å². The molecule has 1 aromatic carbocycles. The van der Waals surface area contributed by atoms with Crippen LogP contribution in [-0.2, 0) is 6.18 Å².